The highest BCUT2D eigenvalue weighted by Gasteiger charge is 2.15. The third-order valence-corrected chi connectivity index (χ3v) is 4.10. The normalized spacial score (nSPS) is 12.5. The largest absolute Gasteiger partial charge is 0.490 e. The number of aryl methyl sites for hydroxylation is 2. The average Bonchev–Trinajstić information content (AvgIpc) is 2.92. The molecule has 0 fully saturated rings. The lowest BCUT2D eigenvalue weighted by molar-refractivity contribution is 0.0908. The number of aliphatic hydroxyl groups excluding tert-OH is 2. The molecule has 0 aliphatic heterocycles. The first-order valence-electron chi connectivity index (χ1n) is 8.02. The van der Waals surface area contributed by atoms with E-state index in [1.807, 2.05) is 60.9 Å². The molecule has 2 aromatic carbocycles. The molecule has 3 aromatic rings. The van der Waals surface area contributed by atoms with E-state index in [4.69, 9.17) is 4.74 Å². The average molecular weight is 326 g/mol. The predicted octanol–water partition coefficient (Wildman–Crippen LogP) is 2.59. The molecule has 0 spiro atoms. The van der Waals surface area contributed by atoms with Crippen LogP contribution in [-0.2, 0) is 13.2 Å². The molecule has 0 saturated carbocycles. The van der Waals surface area contributed by atoms with Crippen LogP contribution in [0, 0.1) is 13.8 Å². The Hall–Kier alpha value is -2.37. The molecule has 1 heterocycles. The molecule has 1 aromatic heterocycles. The Kier molecular flexibility index (Phi) is 4.83. The molecule has 0 aliphatic carbocycles. The Bertz CT molecular complexity index is 821. The Morgan fingerprint density at radius 3 is 2.50 bits per heavy atom. The lowest BCUT2D eigenvalue weighted by atomic mass is 10.1. The van der Waals surface area contributed by atoms with Gasteiger partial charge in [-0.3, -0.25) is 0 Å². The van der Waals surface area contributed by atoms with Crippen LogP contribution in [0.1, 0.15) is 17.0 Å². The van der Waals surface area contributed by atoms with Gasteiger partial charge in [0, 0.05) is 0 Å². The summed E-state index contributed by atoms with van der Waals surface area (Å²) in [6.07, 6.45) is -0.702. The first kappa shape index (κ1) is 16.5. The summed E-state index contributed by atoms with van der Waals surface area (Å²) in [4.78, 5) is 4.39. The van der Waals surface area contributed by atoms with Crippen molar-refractivity contribution < 1.29 is 14.9 Å². The SMILES string of the molecule is Cc1cccc(C)c1OC[C@@H](O)Cn1c(CO)nc2ccccc21. The van der Waals surface area contributed by atoms with E-state index in [0.29, 0.717) is 12.4 Å². The number of ether oxygens (including phenoxy) is 1. The van der Waals surface area contributed by atoms with Gasteiger partial charge in [0.05, 0.1) is 17.6 Å². The quantitative estimate of drug-likeness (QED) is 0.731. The van der Waals surface area contributed by atoms with Gasteiger partial charge in [-0.05, 0) is 37.1 Å². The second-order valence-corrected chi connectivity index (χ2v) is 5.97. The van der Waals surface area contributed by atoms with Crippen molar-refractivity contribution in [3.63, 3.8) is 0 Å². The van der Waals surface area contributed by atoms with Crippen LogP contribution in [0.5, 0.6) is 5.75 Å². The summed E-state index contributed by atoms with van der Waals surface area (Å²) < 4.78 is 7.66. The molecule has 0 bridgehead atoms. The summed E-state index contributed by atoms with van der Waals surface area (Å²) in [6, 6.07) is 13.6. The minimum atomic E-state index is -0.702. The van der Waals surface area contributed by atoms with Crippen LogP contribution in [0.3, 0.4) is 0 Å². The standard InChI is InChI=1S/C19H22N2O3/c1-13-6-5-7-14(2)19(13)24-12-15(23)10-21-17-9-4-3-8-16(17)20-18(21)11-22/h3-9,15,22-23H,10-12H2,1-2H3/t15-/m0/s1. The van der Waals surface area contributed by atoms with Gasteiger partial charge in [0.25, 0.3) is 0 Å². The van der Waals surface area contributed by atoms with Gasteiger partial charge in [0.1, 0.15) is 30.9 Å². The zero-order valence-electron chi connectivity index (χ0n) is 13.9. The summed E-state index contributed by atoms with van der Waals surface area (Å²) in [5, 5.41) is 19.9. The number of fused-ring (bicyclic) bond motifs is 1. The minimum absolute atomic E-state index is 0.168. The van der Waals surface area contributed by atoms with Crippen LogP contribution in [0.25, 0.3) is 11.0 Å². The van der Waals surface area contributed by atoms with Crippen molar-refractivity contribution in [3.8, 4) is 5.75 Å². The molecule has 126 valence electrons. The molecule has 1 atom stereocenters. The van der Waals surface area contributed by atoms with Gasteiger partial charge in [0.2, 0.25) is 0 Å². The molecular weight excluding hydrogens is 304 g/mol. The van der Waals surface area contributed by atoms with Gasteiger partial charge in [-0.2, -0.15) is 0 Å². The maximum absolute atomic E-state index is 10.4. The van der Waals surface area contributed by atoms with Crippen molar-refractivity contribution in [3.05, 3.63) is 59.4 Å². The number of aliphatic hydroxyl groups is 2. The Labute approximate surface area is 141 Å². The van der Waals surface area contributed by atoms with E-state index in [-0.39, 0.29) is 13.2 Å². The molecule has 2 N–H and O–H groups in total. The number of hydrogen-bond donors (Lipinski definition) is 2. The van der Waals surface area contributed by atoms with Crippen molar-refractivity contribution >= 4 is 11.0 Å². The molecule has 0 aliphatic rings. The second kappa shape index (κ2) is 7.03. The fraction of sp³-hybridized carbons (Fsp3) is 0.316. The number of rotatable bonds is 6. The van der Waals surface area contributed by atoms with E-state index in [1.165, 1.54) is 0 Å². The number of nitrogens with zero attached hydrogens (tertiary/aromatic N) is 2. The van der Waals surface area contributed by atoms with E-state index in [9.17, 15) is 10.2 Å². The van der Waals surface area contributed by atoms with Crippen molar-refractivity contribution in [2.75, 3.05) is 6.61 Å². The van der Waals surface area contributed by atoms with E-state index in [1.54, 1.807) is 0 Å². The monoisotopic (exact) mass is 326 g/mol. The van der Waals surface area contributed by atoms with Crippen molar-refractivity contribution in [1.29, 1.82) is 0 Å². The van der Waals surface area contributed by atoms with E-state index < -0.39 is 6.10 Å². The fourth-order valence-corrected chi connectivity index (χ4v) is 2.92. The molecule has 5 nitrogen and oxygen atoms in total. The maximum atomic E-state index is 10.4. The zero-order valence-corrected chi connectivity index (χ0v) is 13.9. The molecule has 0 saturated heterocycles. The molecule has 3 rings (SSSR count). The zero-order chi connectivity index (χ0) is 17.1. The molecule has 0 radical (unpaired) electrons. The first-order chi connectivity index (χ1) is 11.6. The Morgan fingerprint density at radius 2 is 1.79 bits per heavy atom. The van der Waals surface area contributed by atoms with Crippen molar-refractivity contribution in [1.82, 2.24) is 9.55 Å². The lowest BCUT2D eigenvalue weighted by Gasteiger charge is -2.17. The second-order valence-electron chi connectivity index (χ2n) is 5.97. The summed E-state index contributed by atoms with van der Waals surface area (Å²) >= 11 is 0. The number of imidazole rings is 1. The molecule has 0 amide bonds. The van der Waals surface area contributed by atoms with Gasteiger partial charge in [-0.15, -0.1) is 0 Å². The fourth-order valence-electron chi connectivity index (χ4n) is 2.92. The first-order valence-corrected chi connectivity index (χ1v) is 8.02. The van der Waals surface area contributed by atoms with Gasteiger partial charge >= 0.3 is 0 Å². The van der Waals surface area contributed by atoms with Crippen LogP contribution in [0.15, 0.2) is 42.5 Å². The van der Waals surface area contributed by atoms with Crippen LogP contribution in [0.4, 0.5) is 0 Å². The van der Waals surface area contributed by atoms with E-state index in [2.05, 4.69) is 4.98 Å². The number of benzene rings is 2. The Balaban J connectivity index is 1.74. The highest BCUT2D eigenvalue weighted by molar-refractivity contribution is 5.75. The topological polar surface area (TPSA) is 67.5 Å². The molecular formula is C19H22N2O3. The minimum Gasteiger partial charge on any atom is -0.490 e. The number of para-hydroxylation sites is 3. The summed E-state index contributed by atoms with van der Waals surface area (Å²) in [7, 11) is 0. The summed E-state index contributed by atoms with van der Waals surface area (Å²) in [5.41, 5.74) is 3.80. The molecule has 24 heavy (non-hydrogen) atoms. The predicted molar refractivity (Wildman–Crippen MR) is 93.1 cm³/mol. The van der Waals surface area contributed by atoms with Gasteiger partial charge in [-0.1, -0.05) is 30.3 Å². The molecule has 5 heteroatoms. The van der Waals surface area contributed by atoms with Crippen LogP contribution in [0.2, 0.25) is 0 Å². The molecule has 0 unspecified atom stereocenters. The van der Waals surface area contributed by atoms with Crippen LogP contribution >= 0.6 is 0 Å². The van der Waals surface area contributed by atoms with Gasteiger partial charge < -0.3 is 19.5 Å². The van der Waals surface area contributed by atoms with Gasteiger partial charge in [0.15, 0.2) is 0 Å². The van der Waals surface area contributed by atoms with E-state index in [0.717, 1.165) is 27.9 Å². The summed E-state index contributed by atoms with van der Waals surface area (Å²) in [5.74, 6) is 1.36. The summed E-state index contributed by atoms with van der Waals surface area (Å²) in [6.45, 7) is 4.31. The van der Waals surface area contributed by atoms with Crippen molar-refractivity contribution in [2.24, 2.45) is 0 Å². The number of aromatic nitrogens is 2. The van der Waals surface area contributed by atoms with E-state index >= 15 is 0 Å². The van der Waals surface area contributed by atoms with Gasteiger partial charge in [-0.25, -0.2) is 4.98 Å². The maximum Gasteiger partial charge on any atom is 0.135 e. The third-order valence-electron chi connectivity index (χ3n) is 4.10. The smallest absolute Gasteiger partial charge is 0.135 e. The van der Waals surface area contributed by atoms with Crippen LogP contribution in [-0.4, -0.2) is 32.5 Å². The third kappa shape index (κ3) is 3.27. The number of hydrogen-bond acceptors (Lipinski definition) is 4. The van der Waals surface area contributed by atoms with Crippen molar-refractivity contribution in [2.45, 2.75) is 33.1 Å². The Morgan fingerprint density at radius 1 is 1.08 bits per heavy atom. The lowest BCUT2D eigenvalue weighted by Crippen LogP contribution is -2.25. The highest BCUT2D eigenvalue weighted by atomic mass is 16.5. The van der Waals surface area contributed by atoms with Crippen LogP contribution < -0.4 is 4.74 Å². The highest BCUT2D eigenvalue weighted by Crippen LogP contribution is 2.23.